The number of amides is 1. The molecule has 1 unspecified atom stereocenters. The lowest BCUT2D eigenvalue weighted by Crippen LogP contribution is -2.49. The molecule has 4 nitrogen and oxygen atoms in total. The molecule has 152 valence electrons. The van der Waals surface area contributed by atoms with Crippen molar-refractivity contribution in [3.63, 3.8) is 0 Å². The van der Waals surface area contributed by atoms with Crippen LogP contribution < -0.4 is 10.1 Å². The van der Waals surface area contributed by atoms with E-state index < -0.39 is 11.7 Å². The van der Waals surface area contributed by atoms with Crippen LogP contribution in [0.4, 0.5) is 5.69 Å². The Morgan fingerprint density at radius 3 is 2.32 bits per heavy atom. The third-order valence-electron chi connectivity index (χ3n) is 5.52. The Labute approximate surface area is 180 Å². The van der Waals surface area contributed by atoms with Gasteiger partial charge >= 0.3 is 11.7 Å². The van der Waals surface area contributed by atoms with Crippen LogP contribution in [0.5, 0.6) is 5.75 Å². The summed E-state index contributed by atoms with van der Waals surface area (Å²) in [5, 5.41) is 4.90. The fraction of sp³-hybridized carbons (Fsp3) is 0.0741. The standard InChI is InChI=1S/C27H21NO3/c1-30-27(18-17-22-12-11-21-9-5-6-10-24(21)25(22)31-27)26(29)28-23-15-13-20(14-16-23)19-7-3-2-4-8-19/h2-18H,1H3,(H,28,29). The summed E-state index contributed by atoms with van der Waals surface area (Å²) in [6.45, 7) is 0. The second-order valence-electron chi connectivity index (χ2n) is 7.41. The molecular formula is C27H21NO3. The first kappa shape index (κ1) is 19.1. The van der Waals surface area contributed by atoms with E-state index in [1.807, 2.05) is 84.9 Å². The number of carbonyl (C=O) groups excluding carboxylic acids is 1. The highest BCUT2D eigenvalue weighted by molar-refractivity contribution is 6.01. The van der Waals surface area contributed by atoms with Crippen LogP contribution in [0.25, 0.3) is 28.0 Å². The summed E-state index contributed by atoms with van der Waals surface area (Å²) in [7, 11) is 1.47. The average molecular weight is 407 g/mol. The lowest BCUT2D eigenvalue weighted by Gasteiger charge is -2.32. The number of hydrogen-bond donors (Lipinski definition) is 1. The number of nitrogens with one attached hydrogen (secondary N) is 1. The van der Waals surface area contributed by atoms with Crippen LogP contribution in [-0.2, 0) is 9.53 Å². The van der Waals surface area contributed by atoms with Crippen LogP contribution in [0.1, 0.15) is 5.56 Å². The summed E-state index contributed by atoms with van der Waals surface area (Å²) >= 11 is 0. The summed E-state index contributed by atoms with van der Waals surface area (Å²) in [4.78, 5) is 13.2. The maximum atomic E-state index is 13.2. The first-order valence-electron chi connectivity index (χ1n) is 10.1. The van der Waals surface area contributed by atoms with Gasteiger partial charge in [0.15, 0.2) is 0 Å². The maximum Gasteiger partial charge on any atom is 0.311 e. The Hall–Kier alpha value is -3.89. The Morgan fingerprint density at radius 1 is 0.839 bits per heavy atom. The van der Waals surface area contributed by atoms with Gasteiger partial charge in [-0.1, -0.05) is 78.9 Å². The second-order valence-corrected chi connectivity index (χ2v) is 7.41. The quantitative estimate of drug-likeness (QED) is 0.459. The van der Waals surface area contributed by atoms with E-state index in [9.17, 15) is 4.79 Å². The van der Waals surface area contributed by atoms with E-state index in [1.54, 1.807) is 6.08 Å². The maximum absolute atomic E-state index is 13.2. The molecule has 1 amide bonds. The predicted octanol–water partition coefficient (Wildman–Crippen LogP) is 5.89. The third kappa shape index (κ3) is 3.47. The fourth-order valence-electron chi connectivity index (χ4n) is 3.81. The average Bonchev–Trinajstić information content (AvgIpc) is 2.84. The largest absolute Gasteiger partial charge is 0.448 e. The van der Waals surface area contributed by atoms with Crippen molar-refractivity contribution in [2.45, 2.75) is 5.79 Å². The summed E-state index contributed by atoms with van der Waals surface area (Å²) < 4.78 is 11.8. The minimum absolute atomic E-state index is 0.391. The Kier molecular flexibility index (Phi) is 4.77. The molecule has 0 aliphatic carbocycles. The van der Waals surface area contributed by atoms with Gasteiger partial charge in [-0.05, 0) is 40.8 Å². The number of hydrogen-bond acceptors (Lipinski definition) is 3. The van der Waals surface area contributed by atoms with Crippen LogP contribution in [0, 0.1) is 0 Å². The zero-order chi connectivity index (χ0) is 21.3. The summed E-state index contributed by atoms with van der Waals surface area (Å²) in [6, 6.07) is 29.7. The molecule has 0 saturated carbocycles. The number of rotatable bonds is 4. The monoisotopic (exact) mass is 407 g/mol. The lowest BCUT2D eigenvalue weighted by atomic mass is 10.0. The van der Waals surface area contributed by atoms with E-state index in [0.29, 0.717) is 11.4 Å². The van der Waals surface area contributed by atoms with Crippen molar-refractivity contribution < 1.29 is 14.3 Å². The molecule has 5 rings (SSSR count). The molecule has 1 aliphatic rings. The van der Waals surface area contributed by atoms with Crippen molar-refractivity contribution in [3.05, 3.63) is 103 Å². The van der Waals surface area contributed by atoms with Crippen LogP contribution >= 0.6 is 0 Å². The number of methoxy groups -OCH3 is 1. The van der Waals surface area contributed by atoms with E-state index in [4.69, 9.17) is 9.47 Å². The molecule has 0 spiro atoms. The summed E-state index contributed by atoms with van der Waals surface area (Å²) in [5.41, 5.74) is 3.78. The number of carbonyl (C=O) groups is 1. The van der Waals surface area contributed by atoms with Gasteiger partial charge in [-0.3, -0.25) is 4.79 Å². The van der Waals surface area contributed by atoms with Gasteiger partial charge in [0, 0.05) is 23.7 Å². The molecule has 4 heteroatoms. The minimum Gasteiger partial charge on any atom is -0.448 e. The number of ether oxygens (including phenoxy) is 2. The van der Waals surface area contributed by atoms with Crippen LogP contribution in [0.3, 0.4) is 0 Å². The van der Waals surface area contributed by atoms with Gasteiger partial charge in [0.25, 0.3) is 0 Å². The van der Waals surface area contributed by atoms with Gasteiger partial charge in [-0.2, -0.15) is 0 Å². The SMILES string of the molecule is COC1(C(=O)Nc2ccc(-c3ccccc3)cc2)C=Cc2ccc3ccccc3c2O1. The fourth-order valence-corrected chi connectivity index (χ4v) is 3.81. The van der Waals surface area contributed by atoms with Crippen molar-refractivity contribution in [2.75, 3.05) is 12.4 Å². The highest BCUT2D eigenvalue weighted by Gasteiger charge is 2.42. The van der Waals surface area contributed by atoms with Crippen LogP contribution in [0.15, 0.2) is 97.1 Å². The molecule has 31 heavy (non-hydrogen) atoms. The minimum atomic E-state index is -1.55. The third-order valence-corrected chi connectivity index (χ3v) is 5.52. The highest BCUT2D eigenvalue weighted by atomic mass is 16.7. The van der Waals surface area contributed by atoms with E-state index >= 15 is 0 Å². The molecule has 0 aromatic heterocycles. The van der Waals surface area contributed by atoms with Crippen LogP contribution in [-0.4, -0.2) is 18.8 Å². The highest BCUT2D eigenvalue weighted by Crippen LogP contribution is 2.38. The zero-order valence-corrected chi connectivity index (χ0v) is 17.0. The Bertz CT molecular complexity index is 1280. The van der Waals surface area contributed by atoms with Crippen molar-refractivity contribution in [1.82, 2.24) is 0 Å². The zero-order valence-electron chi connectivity index (χ0n) is 17.0. The lowest BCUT2D eigenvalue weighted by molar-refractivity contribution is -0.163. The normalized spacial score (nSPS) is 17.1. The summed E-state index contributed by atoms with van der Waals surface area (Å²) in [6.07, 6.45) is 3.52. The number of anilines is 1. The molecule has 1 aliphatic heterocycles. The first-order chi connectivity index (χ1) is 15.2. The van der Waals surface area contributed by atoms with E-state index in [-0.39, 0.29) is 0 Å². The molecule has 0 bridgehead atoms. The van der Waals surface area contributed by atoms with Crippen molar-refractivity contribution in [2.24, 2.45) is 0 Å². The molecule has 1 heterocycles. The van der Waals surface area contributed by atoms with Crippen molar-refractivity contribution in [1.29, 1.82) is 0 Å². The van der Waals surface area contributed by atoms with Crippen molar-refractivity contribution >= 4 is 28.4 Å². The molecule has 1 N–H and O–H groups in total. The van der Waals surface area contributed by atoms with Gasteiger partial charge in [0.2, 0.25) is 0 Å². The van der Waals surface area contributed by atoms with Gasteiger partial charge in [-0.15, -0.1) is 0 Å². The van der Waals surface area contributed by atoms with E-state index in [1.165, 1.54) is 7.11 Å². The smallest absolute Gasteiger partial charge is 0.311 e. The molecule has 4 aromatic rings. The van der Waals surface area contributed by atoms with E-state index in [0.717, 1.165) is 27.5 Å². The predicted molar refractivity (Wildman–Crippen MR) is 124 cm³/mol. The molecule has 1 atom stereocenters. The Balaban J connectivity index is 1.42. The van der Waals surface area contributed by atoms with Gasteiger partial charge in [0.05, 0.1) is 0 Å². The van der Waals surface area contributed by atoms with Gasteiger partial charge < -0.3 is 14.8 Å². The van der Waals surface area contributed by atoms with E-state index in [2.05, 4.69) is 17.4 Å². The number of fused-ring (bicyclic) bond motifs is 3. The molecule has 0 saturated heterocycles. The number of benzene rings is 4. The Morgan fingerprint density at radius 2 is 1.55 bits per heavy atom. The topological polar surface area (TPSA) is 47.6 Å². The van der Waals surface area contributed by atoms with Gasteiger partial charge in [-0.25, -0.2) is 0 Å². The first-order valence-corrected chi connectivity index (χ1v) is 10.1. The molecule has 4 aromatic carbocycles. The van der Waals surface area contributed by atoms with Crippen LogP contribution in [0.2, 0.25) is 0 Å². The summed E-state index contributed by atoms with van der Waals surface area (Å²) in [5.74, 6) is -1.30. The molecule has 0 radical (unpaired) electrons. The van der Waals surface area contributed by atoms with Gasteiger partial charge in [0.1, 0.15) is 5.75 Å². The molecular weight excluding hydrogens is 386 g/mol. The molecule has 0 fully saturated rings. The second kappa shape index (κ2) is 7.74. The van der Waals surface area contributed by atoms with Crippen molar-refractivity contribution in [3.8, 4) is 16.9 Å².